The average Bonchev–Trinajstić information content (AvgIpc) is 3.33. The molecular weight excluding hydrogens is 470 g/mol. The van der Waals surface area contributed by atoms with Crippen molar-refractivity contribution >= 4 is 22.9 Å². The van der Waals surface area contributed by atoms with Crippen LogP contribution >= 0.6 is 0 Å². The maximum atomic E-state index is 12.9. The first kappa shape index (κ1) is 24.4. The Kier molecular flexibility index (Phi) is 6.60. The topological polar surface area (TPSA) is 110 Å². The van der Waals surface area contributed by atoms with E-state index in [4.69, 9.17) is 9.47 Å². The number of para-hydroxylation sites is 2. The summed E-state index contributed by atoms with van der Waals surface area (Å²) in [4.78, 5) is 43.4. The number of nitrogens with zero attached hydrogens (tertiary/aromatic N) is 4. The zero-order chi connectivity index (χ0) is 26.0. The largest absolute Gasteiger partial charge is 0.444 e. The number of piperidine rings is 1. The molecule has 37 heavy (non-hydrogen) atoms. The molecule has 0 saturated carbocycles. The molecule has 190 valence electrons. The van der Waals surface area contributed by atoms with Gasteiger partial charge in [-0.3, -0.25) is 9.78 Å². The molecule has 1 amide bonds. The number of fused-ring (bicyclic) bond motifs is 1. The molecule has 0 spiro atoms. The smallest absolute Gasteiger partial charge is 0.410 e. The first-order chi connectivity index (χ1) is 17.8. The van der Waals surface area contributed by atoms with Gasteiger partial charge in [-0.15, -0.1) is 0 Å². The minimum atomic E-state index is -0.522. The monoisotopic (exact) mass is 499 g/mol. The molecule has 1 N–H and O–H groups in total. The number of hydrogen-bond donors (Lipinski definition) is 1. The van der Waals surface area contributed by atoms with E-state index in [9.17, 15) is 9.59 Å². The van der Waals surface area contributed by atoms with E-state index in [1.807, 2.05) is 45.0 Å². The molecular formula is C28H29N5O4. The van der Waals surface area contributed by atoms with Gasteiger partial charge in [0.2, 0.25) is 11.7 Å². The lowest BCUT2D eigenvalue weighted by molar-refractivity contribution is 0.0203. The fourth-order valence-corrected chi connectivity index (χ4v) is 4.34. The van der Waals surface area contributed by atoms with Gasteiger partial charge >= 0.3 is 6.09 Å². The number of carbonyl (C=O) groups excluding carboxylic acids is 2. The van der Waals surface area contributed by atoms with Crippen LogP contribution in [0.15, 0.2) is 60.9 Å². The third-order valence-electron chi connectivity index (χ3n) is 6.16. The molecule has 1 aliphatic rings. The van der Waals surface area contributed by atoms with Crippen LogP contribution in [0.2, 0.25) is 0 Å². The Hall–Kier alpha value is -4.27. The Morgan fingerprint density at radius 3 is 2.38 bits per heavy atom. The van der Waals surface area contributed by atoms with Gasteiger partial charge in [-0.2, -0.15) is 0 Å². The highest BCUT2D eigenvalue weighted by molar-refractivity contribution is 6.08. The Morgan fingerprint density at radius 2 is 1.68 bits per heavy atom. The van der Waals surface area contributed by atoms with E-state index >= 15 is 0 Å². The number of likely N-dealkylation sites (tertiary alicyclic amines) is 1. The minimum Gasteiger partial charge on any atom is -0.444 e. The van der Waals surface area contributed by atoms with Gasteiger partial charge in [0.05, 0.1) is 11.0 Å². The van der Waals surface area contributed by atoms with Gasteiger partial charge in [-0.05, 0) is 70.0 Å². The number of ketones is 1. The van der Waals surface area contributed by atoms with Gasteiger partial charge in [-0.25, -0.2) is 14.8 Å². The maximum absolute atomic E-state index is 12.9. The summed E-state index contributed by atoms with van der Waals surface area (Å²) < 4.78 is 11.6. The van der Waals surface area contributed by atoms with E-state index in [2.05, 4.69) is 19.9 Å². The highest BCUT2D eigenvalue weighted by Crippen LogP contribution is 2.34. The summed E-state index contributed by atoms with van der Waals surface area (Å²) in [6.07, 6.45) is 4.42. The zero-order valence-corrected chi connectivity index (χ0v) is 21.1. The number of nitrogens with one attached hydrogen (secondary N) is 1. The molecule has 9 nitrogen and oxygen atoms in total. The van der Waals surface area contributed by atoms with Gasteiger partial charge in [-0.1, -0.05) is 12.1 Å². The Balaban J connectivity index is 1.25. The van der Waals surface area contributed by atoms with Crippen LogP contribution < -0.4 is 4.74 Å². The Bertz CT molecular complexity index is 1380. The summed E-state index contributed by atoms with van der Waals surface area (Å²) in [5.41, 5.74) is 2.30. The molecule has 1 fully saturated rings. The van der Waals surface area contributed by atoms with Crippen LogP contribution in [0, 0.1) is 0 Å². The van der Waals surface area contributed by atoms with Crippen molar-refractivity contribution in [1.29, 1.82) is 0 Å². The second-order valence-electron chi connectivity index (χ2n) is 10.0. The second-order valence-corrected chi connectivity index (χ2v) is 10.0. The summed E-state index contributed by atoms with van der Waals surface area (Å²) in [5, 5.41) is 0. The number of hydrogen-bond acceptors (Lipinski definition) is 7. The number of carbonyl (C=O) groups is 2. The molecule has 5 rings (SSSR count). The molecule has 0 bridgehead atoms. The lowest BCUT2D eigenvalue weighted by atomic mass is 9.93. The molecule has 3 heterocycles. The quantitative estimate of drug-likeness (QED) is 0.362. The van der Waals surface area contributed by atoms with E-state index in [-0.39, 0.29) is 17.8 Å². The third-order valence-corrected chi connectivity index (χ3v) is 6.16. The molecule has 2 aromatic carbocycles. The van der Waals surface area contributed by atoms with Crippen LogP contribution in [-0.4, -0.2) is 55.4 Å². The Morgan fingerprint density at radius 1 is 0.973 bits per heavy atom. The number of imidazole rings is 1. The van der Waals surface area contributed by atoms with Crippen molar-refractivity contribution in [3.05, 3.63) is 78.0 Å². The van der Waals surface area contributed by atoms with Crippen molar-refractivity contribution in [2.24, 2.45) is 0 Å². The lowest BCUT2D eigenvalue weighted by Crippen LogP contribution is -2.41. The summed E-state index contributed by atoms with van der Waals surface area (Å²) in [6.45, 7) is 6.74. The van der Waals surface area contributed by atoms with E-state index < -0.39 is 5.60 Å². The van der Waals surface area contributed by atoms with Gasteiger partial charge in [0.25, 0.3) is 0 Å². The average molecular weight is 500 g/mol. The molecule has 0 radical (unpaired) electrons. The molecule has 4 aromatic rings. The molecule has 9 heteroatoms. The zero-order valence-electron chi connectivity index (χ0n) is 21.1. The van der Waals surface area contributed by atoms with Crippen LogP contribution in [0.5, 0.6) is 11.6 Å². The number of H-pyrrole nitrogens is 1. The predicted octanol–water partition coefficient (Wildman–Crippen LogP) is 5.49. The van der Waals surface area contributed by atoms with E-state index in [0.29, 0.717) is 36.1 Å². The summed E-state index contributed by atoms with van der Waals surface area (Å²) >= 11 is 0. The van der Waals surface area contributed by atoms with Crippen molar-refractivity contribution in [1.82, 2.24) is 24.8 Å². The molecule has 1 aliphatic heterocycles. The van der Waals surface area contributed by atoms with Gasteiger partial charge in [0.15, 0.2) is 5.82 Å². The van der Waals surface area contributed by atoms with Crippen LogP contribution in [0.1, 0.15) is 61.4 Å². The van der Waals surface area contributed by atoms with Crippen LogP contribution in [0.25, 0.3) is 11.0 Å². The number of aromatic nitrogens is 4. The Labute approximate surface area is 214 Å². The molecule has 0 aliphatic carbocycles. The van der Waals surface area contributed by atoms with Crippen molar-refractivity contribution in [2.75, 3.05) is 13.1 Å². The van der Waals surface area contributed by atoms with E-state index in [1.165, 1.54) is 0 Å². The number of benzene rings is 2. The molecule has 0 unspecified atom stereocenters. The standard InChI is InChI=1S/C28H29N5O4/c1-28(2,3)37-27(35)33-16-12-18(13-17-33)23-26(30-15-14-29-23)36-20-10-8-19(9-11-20)24(34)25-31-21-6-4-5-7-22(21)32-25/h4-11,14-15,18H,12-13,16-17H2,1-3H3,(H,31,32). The fourth-order valence-electron chi connectivity index (χ4n) is 4.34. The van der Waals surface area contributed by atoms with Crippen LogP contribution in [0.3, 0.4) is 0 Å². The highest BCUT2D eigenvalue weighted by Gasteiger charge is 2.30. The number of ether oxygens (including phenoxy) is 2. The first-order valence-corrected chi connectivity index (χ1v) is 12.3. The SMILES string of the molecule is CC(C)(C)OC(=O)N1CCC(c2nccnc2Oc2ccc(C(=O)c3nc4ccccc4[nH]3)cc2)CC1. The molecule has 0 atom stereocenters. The van der Waals surface area contributed by atoms with Crippen LogP contribution in [0.4, 0.5) is 4.79 Å². The van der Waals surface area contributed by atoms with Crippen molar-refractivity contribution in [3.8, 4) is 11.6 Å². The van der Waals surface area contributed by atoms with Crippen LogP contribution in [-0.2, 0) is 4.74 Å². The molecule has 1 saturated heterocycles. The molecule has 2 aromatic heterocycles. The minimum absolute atomic E-state index is 0.108. The number of rotatable bonds is 5. The van der Waals surface area contributed by atoms with Crippen molar-refractivity contribution in [3.63, 3.8) is 0 Å². The summed E-state index contributed by atoms with van der Waals surface area (Å²) in [7, 11) is 0. The number of amides is 1. The first-order valence-electron chi connectivity index (χ1n) is 12.3. The predicted molar refractivity (Wildman–Crippen MR) is 138 cm³/mol. The van der Waals surface area contributed by atoms with Gasteiger partial charge in [0, 0.05) is 37.0 Å². The van der Waals surface area contributed by atoms with E-state index in [0.717, 1.165) is 29.6 Å². The number of aromatic amines is 1. The summed E-state index contributed by atoms with van der Waals surface area (Å²) in [6, 6.07) is 14.4. The summed E-state index contributed by atoms with van der Waals surface area (Å²) in [5.74, 6) is 1.18. The normalized spacial score (nSPS) is 14.5. The lowest BCUT2D eigenvalue weighted by Gasteiger charge is -2.33. The van der Waals surface area contributed by atoms with Crippen molar-refractivity contribution in [2.45, 2.75) is 45.1 Å². The van der Waals surface area contributed by atoms with Crippen molar-refractivity contribution < 1.29 is 19.1 Å². The van der Waals surface area contributed by atoms with Gasteiger partial charge < -0.3 is 19.4 Å². The highest BCUT2D eigenvalue weighted by atomic mass is 16.6. The second kappa shape index (κ2) is 10.0. The fraction of sp³-hybridized carbons (Fsp3) is 0.321. The van der Waals surface area contributed by atoms with Gasteiger partial charge in [0.1, 0.15) is 17.0 Å². The maximum Gasteiger partial charge on any atom is 0.410 e. The van der Waals surface area contributed by atoms with E-state index in [1.54, 1.807) is 41.6 Å². The third kappa shape index (κ3) is 5.61.